The molecule has 3 aliphatic carbocycles. The highest BCUT2D eigenvalue weighted by Gasteiger charge is 2.64. The lowest BCUT2D eigenvalue weighted by atomic mass is 9.60. The van der Waals surface area contributed by atoms with Gasteiger partial charge >= 0.3 is 0 Å². The van der Waals surface area contributed by atoms with Crippen LogP contribution in [-0.2, 0) is 11.8 Å². The quantitative estimate of drug-likeness (QED) is 0.281. The third-order valence-corrected chi connectivity index (χ3v) is 8.81. The Bertz CT molecular complexity index is 1640. The predicted octanol–water partition coefficient (Wildman–Crippen LogP) is 7.99. The molecule has 4 aromatic carbocycles. The summed E-state index contributed by atoms with van der Waals surface area (Å²) in [6.07, 6.45) is 10.3. The maximum Gasteiger partial charge on any atom is 0.0695 e. The largest absolute Gasteiger partial charge is 0.299 e. The second kappa shape index (κ2) is 8.68. The number of benzene rings is 4. The van der Waals surface area contributed by atoms with Crippen molar-refractivity contribution in [1.29, 1.82) is 0 Å². The second-order valence-electron chi connectivity index (χ2n) is 10.8. The van der Waals surface area contributed by atoms with Gasteiger partial charge in [0.15, 0.2) is 0 Å². The van der Waals surface area contributed by atoms with E-state index >= 15 is 0 Å². The van der Waals surface area contributed by atoms with Crippen LogP contribution in [0.5, 0.6) is 0 Å². The average molecular weight is 490 g/mol. The van der Waals surface area contributed by atoms with Crippen molar-refractivity contribution < 1.29 is 0 Å². The Morgan fingerprint density at radius 3 is 1.76 bits per heavy atom. The zero-order valence-corrected chi connectivity index (χ0v) is 21.9. The van der Waals surface area contributed by atoms with Gasteiger partial charge in [0.25, 0.3) is 0 Å². The Hall–Kier alpha value is -4.20. The van der Waals surface area contributed by atoms with Crippen LogP contribution in [0.4, 0.5) is 0 Å². The fourth-order valence-electron chi connectivity index (χ4n) is 7.36. The van der Waals surface area contributed by atoms with E-state index in [4.69, 9.17) is 0 Å². The molecule has 0 radical (unpaired) electrons. The van der Waals surface area contributed by atoms with Crippen LogP contribution < -0.4 is 0 Å². The minimum Gasteiger partial charge on any atom is -0.299 e. The van der Waals surface area contributed by atoms with Crippen LogP contribution in [-0.4, -0.2) is 24.5 Å². The molecule has 184 valence electrons. The van der Waals surface area contributed by atoms with Crippen LogP contribution in [0.15, 0.2) is 145 Å². The van der Waals surface area contributed by atoms with Crippen molar-refractivity contribution in [2.45, 2.75) is 17.4 Å². The van der Waals surface area contributed by atoms with Gasteiger partial charge in [0.1, 0.15) is 0 Å². The second-order valence-corrected chi connectivity index (χ2v) is 10.8. The summed E-state index contributed by atoms with van der Waals surface area (Å²) in [6, 6.07) is 42.2. The summed E-state index contributed by atoms with van der Waals surface area (Å²) < 4.78 is 0. The molecule has 0 saturated heterocycles. The van der Waals surface area contributed by atoms with Crippen LogP contribution in [0.1, 0.15) is 27.8 Å². The van der Waals surface area contributed by atoms with Crippen LogP contribution in [0.25, 0.3) is 16.7 Å². The monoisotopic (exact) mass is 489 g/mol. The number of hydrogen-bond acceptors (Lipinski definition) is 1. The summed E-state index contributed by atoms with van der Waals surface area (Å²) in [5.74, 6) is 0. The average Bonchev–Trinajstić information content (AvgIpc) is 3.38. The predicted molar refractivity (Wildman–Crippen MR) is 160 cm³/mol. The van der Waals surface area contributed by atoms with Crippen LogP contribution >= 0.6 is 0 Å². The van der Waals surface area contributed by atoms with E-state index in [0.29, 0.717) is 0 Å². The molecule has 1 spiro atoms. The van der Waals surface area contributed by atoms with Crippen molar-refractivity contribution in [1.82, 2.24) is 4.90 Å². The van der Waals surface area contributed by atoms with Crippen molar-refractivity contribution in [3.63, 3.8) is 0 Å². The van der Waals surface area contributed by atoms with E-state index in [2.05, 4.69) is 159 Å². The molecule has 0 aromatic heterocycles. The van der Waals surface area contributed by atoms with Gasteiger partial charge < -0.3 is 0 Å². The third-order valence-electron chi connectivity index (χ3n) is 8.81. The van der Waals surface area contributed by atoms with Crippen LogP contribution in [0.2, 0.25) is 0 Å². The summed E-state index contributed by atoms with van der Waals surface area (Å²) in [5, 5.41) is 0. The minimum atomic E-state index is -0.381. The van der Waals surface area contributed by atoms with Crippen molar-refractivity contribution >= 4 is 16.7 Å². The highest BCUT2D eigenvalue weighted by molar-refractivity contribution is 6.24. The first-order chi connectivity index (χ1) is 18.7. The van der Waals surface area contributed by atoms with Gasteiger partial charge in [-0.05, 0) is 70.6 Å². The normalized spacial score (nSPS) is 23.4. The van der Waals surface area contributed by atoms with E-state index < -0.39 is 0 Å². The molecule has 38 heavy (non-hydrogen) atoms. The first kappa shape index (κ1) is 23.0. The van der Waals surface area contributed by atoms with Crippen molar-refractivity contribution in [3.05, 3.63) is 173 Å². The topological polar surface area (TPSA) is 3.24 Å². The third kappa shape index (κ3) is 2.97. The summed E-state index contributed by atoms with van der Waals surface area (Å²) in [7, 11) is 4.51. The van der Waals surface area contributed by atoms with Crippen LogP contribution in [0, 0.1) is 0 Å². The minimum absolute atomic E-state index is 0.267. The molecule has 0 amide bonds. The Morgan fingerprint density at radius 1 is 0.579 bits per heavy atom. The molecule has 2 unspecified atom stereocenters. The molecule has 1 nitrogen and oxygen atoms in total. The lowest BCUT2D eigenvalue weighted by molar-refractivity contribution is 0.169. The SMILES string of the molecule is CN(C)C12C=CC=CC3=C(c4ccccc4)C(c4ccccc4)=C(c4ccccc4)C31c1ccccc1C2. The Morgan fingerprint density at radius 2 is 1.13 bits per heavy atom. The number of fused-ring (bicyclic) bond motifs is 1. The fourth-order valence-corrected chi connectivity index (χ4v) is 7.36. The maximum atomic E-state index is 2.47. The highest BCUT2D eigenvalue weighted by atomic mass is 15.2. The fraction of sp³-hybridized carbons (Fsp3) is 0.135. The van der Waals surface area contributed by atoms with E-state index in [0.717, 1.165) is 6.42 Å². The Kier molecular flexibility index (Phi) is 5.25. The molecular formula is C37H31N. The Balaban J connectivity index is 1.75. The maximum absolute atomic E-state index is 2.47. The Labute approximate surface area is 225 Å². The number of allylic oxidation sites excluding steroid dienone is 5. The van der Waals surface area contributed by atoms with E-state index in [1.807, 2.05) is 0 Å². The van der Waals surface area contributed by atoms with E-state index in [1.54, 1.807) is 0 Å². The van der Waals surface area contributed by atoms with Gasteiger partial charge in [-0.15, -0.1) is 0 Å². The molecule has 0 saturated carbocycles. The standard InChI is InChI=1S/C37H31N/c1-38(2)36-25-15-14-24-32-33(27-16-6-3-7-17-27)34(28-18-8-4-9-19-28)35(29-20-10-5-11-21-29)37(32,36)31-23-13-12-22-30(31)26-36/h3-25H,26H2,1-2H3. The molecular weight excluding hydrogens is 458 g/mol. The number of likely N-dealkylation sites (N-methyl/N-ethyl adjacent to an activating group) is 1. The molecule has 0 bridgehead atoms. The van der Waals surface area contributed by atoms with Crippen molar-refractivity contribution in [2.24, 2.45) is 0 Å². The molecule has 1 heteroatoms. The number of hydrogen-bond donors (Lipinski definition) is 0. The summed E-state index contributed by atoms with van der Waals surface area (Å²) in [5.41, 5.74) is 11.4. The number of rotatable bonds is 4. The molecule has 2 atom stereocenters. The molecule has 0 fully saturated rings. The van der Waals surface area contributed by atoms with Gasteiger partial charge in [-0.1, -0.05) is 140 Å². The van der Waals surface area contributed by atoms with Crippen molar-refractivity contribution in [2.75, 3.05) is 14.1 Å². The lowest BCUT2D eigenvalue weighted by Gasteiger charge is -2.50. The van der Waals surface area contributed by atoms with Crippen LogP contribution in [0.3, 0.4) is 0 Å². The van der Waals surface area contributed by atoms with Crippen molar-refractivity contribution in [3.8, 4) is 0 Å². The van der Waals surface area contributed by atoms with Gasteiger partial charge in [-0.25, -0.2) is 0 Å². The zero-order valence-electron chi connectivity index (χ0n) is 21.9. The van der Waals surface area contributed by atoms with E-state index in [9.17, 15) is 0 Å². The lowest BCUT2D eigenvalue weighted by Crippen LogP contribution is -2.57. The number of nitrogens with zero attached hydrogens (tertiary/aromatic N) is 1. The van der Waals surface area contributed by atoms with E-state index in [1.165, 1.54) is 50.1 Å². The summed E-state index contributed by atoms with van der Waals surface area (Å²) in [4.78, 5) is 2.47. The molecule has 3 aliphatic rings. The zero-order chi connectivity index (χ0) is 25.7. The summed E-state index contributed by atoms with van der Waals surface area (Å²) >= 11 is 0. The molecule has 7 rings (SSSR count). The molecule has 4 aromatic rings. The van der Waals surface area contributed by atoms with E-state index in [-0.39, 0.29) is 11.0 Å². The molecule has 0 aliphatic heterocycles. The van der Waals surface area contributed by atoms with Gasteiger partial charge in [0.05, 0.1) is 11.0 Å². The first-order valence-corrected chi connectivity index (χ1v) is 13.5. The van der Waals surface area contributed by atoms with Gasteiger partial charge in [0.2, 0.25) is 0 Å². The highest BCUT2D eigenvalue weighted by Crippen LogP contribution is 2.68. The van der Waals surface area contributed by atoms with Gasteiger partial charge in [-0.3, -0.25) is 4.90 Å². The molecule has 0 N–H and O–H groups in total. The molecule has 0 heterocycles. The van der Waals surface area contributed by atoms with Gasteiger partial charge in [0, 0.05) is 0 Å². The van der Waals surface area contributed by atoms with Gasteiger partial charge in [-0.2, -0.15) is 0 Å². The summed E-state index contributed by atoms with van der Waals surface area (Å²) in [6.45, 7) is 0. The first-order valence-electron chi connectivity index (χ1n) is 13.5. The smallest absolute Gasteiger partial charge is 0.0695 e.